The molecule has 1 N–H and O–H groups in total. The Morgan fingerprint density at radius 1 is 1.31 bits per heavy atom. The molecule has 0 saturated carbocycles. The van der Waals surface area contributed by atoms with Gasteiger partial charge in [-0.3, -0.25) is 4.98 Å². The first-order valence-electron chi connectivity index (χ1n) is 8.97. The fraction of sp³-hybridized carbons (Fsp3) is 0.400. The predicted molar refractivity (Wildman–Crippen MR) is 101 cm³/mol. The van der Waals surface area contributed by atoms with Crippen LogP contribution in [0.15, 0.2) is 48.7 Å². The van der Waals surface area contributed by atoms with E-state index in [1.165, 1.54) is 0 Å². The third kappa shape index (κ3) is 5.46. The zero-order valence-electron chi connectivity index (χ0n) is 15.1. The second-order valence-corrected chi connectivity index (χ2v) is 6.39. The molecule has 3 rings (SSSR count). The number of hydrogen-bond donors (Lipinski definition) is 1. The number of urea groups is 1. The molecule has 6 heteroatoms. The van der Waals surface area contributed by atoms with Crippen molar-refractivity contribution < 1.29 is 14.3 Å². The second-order valence-electron chi connectivity index (χ2n) is 6.39. The molecule has 1 aromatic heterocycles. The van der Waals surface area contributed by atoms with Crippen molar-refractivity contribution in [1.29, 1.82) is 0 Å². The third-order valence-electron chi connectivity index (χ3n) is 4.34. The maximum Gasteiger partial charge on any atom is 0.321 e. The minimum atomic E-state index is -0.144. The van der Waals surface area contributed by atoms with Gasteiger partial charge < -0.3 is 19.7 Å². The molecule has 0 bridgehead atoms. The van der Waals surface area contributed by atoms with Crippen molar-refractivity contribution in [3.63, 3.8) is 0 Å². The van der Waals surface area contributed by atoms with Crippen molar-refractivity contribution in [3.05, 3.63) is 54.4 Å². The number of ether oxygens (including phenoxy) is 2. The molecule has 0 radical (unpaired) electrons. The molecule has 2 aromatic rings. The maximum atomic E-state index is 12.3. The topological polar surface area (TPSA) is 63.7 Å². The van der Waals surface area contributed by atoms with E-state index < -0.39 is 0 Å². The number of nitrogens with zero attached hydrogens (tertiary/aromatic N) is 2. The van der Waals surface area contributed by atoms with Gasteiger partial charge in [-0.15, -0.1) is 0 Å². The quantitative estimate of drug-likeness (QED) is 0.827. The van der Waals surface area contributed by atoms with E-state index in [9.17, 15) is 4.79 Å². The van der Waals surface area contributed by atoms with E-state index in [1.54, 1.807) is 18.1 Å². The van der Waals surface area contributed by atoms with Crippen LogP contribution in [0.25, 0.3) is 0 Å². The number of amides is 2. The Labute approximate surface area is 154 Å². The van der Waals surface area contributed by atoms with Gasteiger partial charge in [-0.25, -0.2) is 4.79 Å². The van der Waals surface area contributed by atoms with Gasteiger partial charge in [-0.1, -0.05) is 6.07 Å². The lowest BCUT2D eigenvalue weighted by molar-refractivity contribution is 0.0679. The number of hydrogen-bond acceptors (Lipinski definition) is 4. The highest BCUT2D eigenvalue weighted by molar-refractivity contribution is 5.89. The fourth-order valence-corrected chi connectivity index (χ4v) is 2.75. The summed E-state index contributed by atoms with van der Waals surface area (Å²) in [5.74, 6) is 0.780. The summed E-state index contributed by atoms with van der Waals surface area (Å²) in [6.07, 6.45) is 4.84. The Hall–Kier alpha value is -2.60. The Balaban J connectivity index is 1.42. The minimum Gasteiger partial charge on any atom is -0.491 e. The number of likely N-dealkylation sites (N-methyl/N-ethyl adjacent to an activating group) is 1. The van der Waals surface area contributed by atoms with Crippen molar-refractivity contribution in [1.82, 2.24) is 9.88 Å². The molecule has 0 spiro atoms. The number of nitrogens with one attached hydrogen (secondary N) is 1. The molecule has 1 aliphatic rings. The summed E-state index contributed by atoms with van der Waals surface area (Å²) >= 11 is 0. The molecular weight excluding hydrogens is 330 g/mol. The SMILES string of the molecule is CN(CCc1ccccn1)C(=O)Nc1ccc(OCC2CCCO2)cc1. The van der Waals surface area contributed by atoms with E-state index >= 15 is 0 Å². The molecule has 2 heterocycles. The normalized spacial score (nSPS) is 16.3. The van der Waals surface area contributed by atoms with Crippen LogP contribution in [-0.2, 0) is 11.2 Å². The molecule has 1 saturated heterocycles. The highest BCUT2D eigenvalue weighted by atomic mass is 16.5. The number of pyridine rings is 1. The summed E-state index contributed by atoms with van der Waals surface area (Å²) in [6.45, 7) is 2.00. The number of anilines is 1. The molecule has 138 valence electrons. The first kappa shape index (κ1) is 18.2. The van der Waals surface area contributed by atoms with Crippen LogP contribution in [0.3, 0.4) is 0 Å². The summed E-state index contributed by atoms with van der Waals surface area (Å²) in [6, 6.07) is 13.1. The van der Waals surface area contributed by atoms with E-state index in [1.807, 2.05) is 42.5 Å². The van der Waals surface area contributed by atoms with Gasteiger partial charge in [0.15, 0.2) is 0 Å². The average Bonchev–Trinajstić information content (AvgIpc) is 3.20. The monoisotopic (exact) mass is 355 g/mol. The largest absolute Gasteiger partial charge is 0.491 e. The molecule has 1 unspecified atom stereocenters. The van der Waals surface area contributed by atoms with Crippen LogP contribution >= 0.6 is 0 Å². The predicted octanol–water partition coefficient (Wildman–Crippen LogP) is 3.35. The van der Waals surface area contributed by atoms with Crippen LogP contribution < -0.4 is 10.1 Å². The van der Waals surface area contributed by atoms with Gasteiger partial charge in [0.1, 0.15) is 12.4 Å². The van der Waals surface area contributed by atoms with Crippen molar-refractivity contribution in [2.45, 2.75) is 25.4 Å². The smallest absolute Gasteiger partial charge is 0.321 e. The van der Waals surface area contributed by atoms with E-state index in [2.05, 4.69) is 10.3 Å². The van der Waals surface area contributed by atoms with Gasteiger partial charge in [0.25, 0.3) is 0 Å². The van der Waals surface area contributed by atoms with Gasteiger partial charge in [-0.05, 0) is 49.2 Å². The van der Waals surface area contributed by atoms with Crippen molar-refractivity contribution in [2.75, 3.05) is 32.1 Å². The van der Waals surface area contributed by atoms with Crippen LogP contribution in [0.1, 0.15) is 18.5 Å². The van der Waals surface area contributed by atoms with Gasteiger partial charge in [-0.2, -0.15) is 0 Å². The van der Waals surface area contributed by atoms with E-state index in [4.69, 9.17) is 9.47 Å². The van der Waals surface area contributed by atoms with Gasteiger partial charge in [0, 0.05) is 44.2 Å². The molecule has 26 heavy (non-hydrogen) atoms. The van der Waals surface area contributed by atoms with E-state index in [-0.39, 0.29) is 12.1 Å². The van der Waals surface area contributed by atoms with Crippen LogP contribution in [0, 0.1) is 0 Å². The van der Waals surface area contributed by atoms with Crippen molar-refractivity contribution in [3.8, 4) is 5.75 Å². The molecule has 1 fully saturated rings. The molecule has 1 aliphatic heterocycles. The Kier molecular flexibility index (Phi) is 6.44. The lowest BCUT2D eigenvalue weighted by atomic mass is 10.2. The first-order chi connectivity index (χ1) is 12.7. The van der Waals surface area contributed by atoms with E-state index in [0.29, 0.717) is 13.2 Å². The fourth-order valence-electron chi connectivity index (χ4n) is 2.75. The van der Waals surface area contributed by atoms with Crippen LogP contribution in [0.2, 0.25) is 0 Å². The Morgan fingerprint density at radius 3 is 2.85 bits per heavy atom. The molecule has 1 atom stereocenters. The average molecular weight is 355 g/mol. The zero-order chi connectivity index (χ0) is 18.2. The summed E-state index contributed by atoms with van der Waals surface area (Å²) in [4.78, 5) is 18.2. The number of carbonyl (C=O) groups excluding carboxylic acids is 1. The van der Waals surface area contributed by atoms with Gasteiger partial charge >= 0.3 is 6.03 Å². The van der Waals surface area contributed by atoms with Crippen molar-refractivity contribution in [2.24, 2.45) is 0 Å². The summed E-state index contributed by atoms with van der Waals surface area (Å²) in [7, 11) is 1.78. The van der Waals surface area contributed by atoms with Gasteiger partial charge in [0.2, 0.25) is 0 Å². The Bertz CT molecular complexity index is 685. The first-order valence-corrected chi connectivity index (χ1v) is 8.97. The second kappa shape index (κ2) is 9.20. The molecule has 1 aromatic carbocycles. The maximum absolute atomic E-state index is 12.3. The molecular formula is C20H25N3O3. The highest BCUT2D eigenvalue weighted by Gasteiger charge is 2.16. The molecule has 0 aliphatic carbocycles. The summed E-state index contributed by atoms with van der Waals surface area (Å²) < 4.78 is 11.3. The lowest BCUT2D eigenvalue weighted by Gasteiger charge is -2.18. The number of rotatable bonds is 7. The molecule has 6 nitrogen and oxygen atoms in total. The van der Waals surface area contributed by atoms with Crippen LogP contribution in [0.5, 0.6) is 5.75 Å². The number of benzene rings is 1. The summed E-state index contributed by atoms with van der Waals surface area (Å²) in [5.41, 5.74) is 1.71. The lowest BCUT2D eigenvalue weighted by Crippen LogP contribution is -2.33. The van der Waals surface area contributed by atoms with Crippen LogP contribution in [0.4, 0.5) is 10.5 Å². The Morgan fingerprint density at radius 2 is 2.15 bits per heavy atom. The summed E-state index contributed by atoms with van der Waals surface area (Å²) in [5, 5.41) is 2.89. The number of aromatic nitrogens is 1. The highest BCUT2D eigenvalue weighted by Crippen LogP contribution is 2.18. The van der Waals surface area contributed by atoms with Gasteiger partial charge in [0.05, 0.1) is 6.10 Å². The molecule has 2 amide bonds. The van der Waals surface area contributed by atoms with Crippen molar-refractivity contribution >= 4 is 11.7 Å². The zero-order valence-corrected chi connectivity index (χ0v) is 15.1. The number of carbonyl (C=O) groups is 1. The third-order valence-corrected chi connectivity index (χ3v) is 4.34. The standard InChI is InChI=1S/C20H25N3O3/c1-23(13-11-16-5-2-3-12-21-16)20(24)22-17-7-9-18(10-8-17)26-15-19-6-4-14-25-19/h2-3,5,7-10,12,19H,4,6,11,13-15H2,1H3,(H,22,24). The minimum absolute atomic E-state index is 0.144. The van der Waals surface area contributed by atoms with E-state index in [0.717, 1.165) is 43.0 Å². The van der Waals surface area contributed by atoms with Crippen LogP contribution in [-0.4, -0.2) is 48.8 Å².